The predicted octanol–water partition coefficient (Wildman–Crippen LogP) is 3.21. The molecular weight excluding hydrogens is 320 g/mol. The summed E-state index contributed by atoms with van der Waals surface area (Å²) in [6, 6.07) is 5.02. The molecular formula is C19H28N2O4. The van der Waals surface area contributed by atoms with E-state index in [0.717, 1.165) is 12.0 Å². The fraction of sp³-hybridized carbons (Fsp3) is 0.526. The van der Waals surface area contributed by atoms with Gasteiger partial charge in [0.25, 0.3) is 5.91 Å². The van der Waals surface area contributed by atoms with Crippen LogP contribution in [0.1, 0.15) is 56.0 Å². The van der Waals surface area contributed by atoms with Gasteiger partial charge in [0.1, 0.15) is 0 Å². The number of anilines is 1. The second-order valence-corrected chi connectivity index (χ2v) is 6.71. The van der Waals surface area contributed by atoms with Gasteiger partial charge < -0.3 is 15.7 Å². The number of hydrogen-bond donors (Lipinski definition) is 3. The number of aliphatic carboxylic acids is 1. The van der Waals surface area contributed by atoms with Crippen molar-refractivity contribution in [2.45, 2.75) is 47.0 Å². The molecule has 1 atom stereocenters. The Morgan fingerprint density at radius 2 is 1.88 bits per heavy atom. The highest BCUT2D eigenvalue weighted by molar-refractivity contribution is 5.96. The first-order valence-corrected chi connectivity index (χ1v) is 8.66. The van der Waals surface area contributed by atoms with Crippen LogP contribution in [0.15, 0.2) is 18.2 Å². The average Bonchev–Trinajstić information content (AvgIpc) is 2.51. The van der Waals surface area contributed by atoms with Crippen LogP contribution in [-0.2, 0) is 9.59 Å². The monoisotopic (exact) mass is 348 g/mol. The summed E-state index contributed by atoms with van der Waals surface area (Å²) in [5.74, 6) is -1.58. The third-order valence-corrected chi connectivity index (χ3v) is 3.85. The van der Waals surface area contributed by atoms with Crippen molar-refractivity contribution in [3.8, 4) is 0 Å². The van der Waals surface area contributed by atoms with Crippen molar-refractivity contribution in [2.24, 2.45) is 11.8 Å². The predicted molar refractivity (Wildman–Crippen MR) is 97.6 cm³/mol. The zero-order valence-electron chi connectivity index (χ0n) is 15.4. The molecule has 0 aromatic heterocycles. The van der Waals surface area contributed by atoms with Crippen LogP contribution >= 0.6 is 0 Å². The van der Waals surface area contributed by atoms with E-state index in [9.17, 15) is 14.4 Å². The number of carboxylic acids is 1. The lowest BCUT2D eigenvalue weighted by atomic mass is 10.0. The fourth-order valence-corrected chi connectivity index (χ4v) is 2.50. The lowest BCUT2D eigenvalue weighted by Crippen LogP contribution is -2.33. The van der Waals surface area contributed by atoms with Crippen LogP contribution in [0.5, 0.6) is 0 Å². The van der Waals surface area contributed by atoms with E-state index < -0.39 is 11.9 Å². The standard InChI is InChI=1S/C19H28N2O4/c1-5-6-15(19(24)25)11-20-18(23)14-7-8-16(13(4)10-14)21-17(22)9-12(2)3/h7-8,10,12,15H,5-6,9,11H2,1-4H3,(H,20,23)(H,21,22)(H,24,25). The highest BCUT2D eigenvalue weighted by Gasteiger charge is 2.18. The van der Waals surface area contributed by atoms with Gasteiger partial charge in [-0.05, 0) is 43.0 Å². The van der Waals surface area contributed by atoms with Gasteiger partial charge in [-0.15, -0.1) is 0 Å². The molecule has 6 nitrogen and oxygen atoms in total. The van der Waals surface area contributed by atoms with Crippen molar-refractivity contribution in [1.82, 2.24) is 5.32 Å². The van der Waals surface area contributed by atoms with Crippen LogP contribution in [0, 0.1) is 18.8 Å². The molecule has 1 rings (SSSR count). The summed E-state index contributed by atoms with van der Waals surface area (Å²) < 4.78 is 0. The van der Waals surface area contributed by atoms with Gasteiger partial charge >= 0.3 is 5.97 Å². The summed E-state index contributed by atoms with van der Waals surface area (Å²) in [5.41, 5.74) is 1.91. The second kappa shape index (κ2) is 9.81. The van der Waals surface area contributed by atoms with Crippen LogP contribution in [0.4, 0.5) is 5.69 Å². The van der Waals surface area contributed by atoms with Crippen molar-refractivity contribution in [3.05, 3.63) is 29.3 Å². The molecule has 0 aliphatic heterocycles. The van der Waals surface area contributed by atoms with Gasteiger partial charge in [-0.3, -0.25) is 14.4 Å². The average molecular weight is 348 g/mol. The molecule has 3 N–H and O–H groups in total. The molecule has 0 aliphatic rings. The molecule has 0 saturated carbocycles. The van der Waals surface area contributed by atoms with Gasteiger partial charge in [-0.1, -0.05) is 27.2 Å². The third kappa shape index (κ3) is 6.95. The van der Waals surface area contributed by atoms with E-state index in [4.69, 9.17) is 5.11 Å². The minimum absolute atomic E-state index is 0.0563. The fourth-order valence-electron chi connectivity index (χ4n) is 2.50. The molecule has 0 aliphatic carbocycles. The summed E-state index contributed by atoms with van der Waals surface area (Å²) in [5, 5.41) is 14.6. The third-order valence-electron chi connectivity index (χ3n) is 3.85. The van der Waals surface area contributed by atoms with Crippen LogP contribution < -0.4 is 10.6 Å². The molecule has 0 spiro atoms. The number of aryl methyl sites for hydroxylation is 1. The lowest BCUT2D eigenvalue weighted by molar-refractivity contribution is -0.141. The number of carbonyl (C=O) groups excluding carboxylic acids is 2. The Morgan fingerprint density at radius 1 is 1.20 bits per heavy atom. The minimum atomic E-state index is -0.901. The molecule has 138 valence electrons. The van der Waals surface area contributed by atoms with Crippen molar-refractivity contribution in [3.63, 3.8) is 0 Å². The smallest absolute Gasteiger partial charge is 0.308 e. The quantitative estimate of drug-likeness (QED) is 0.638. The molecule has 0 saturated heterocycles. The number of hydrogen-bond acceptors (Lipinski definition) is 3. The van der Waals surface area contributed by atoms with Crippen LogP contribution in [0.25, 0.3) is 0 Å². The van der Waals surface area contributed by atoms with Crippen molar-refractivity contribution in [2.75, 3.05) is 11.9 Å². The molecule has 0 bridgehead atoms. The second-order valence-electron chi connectivity index (χ2n) is 6.71. The van der Waals surface area contributed by atoms with E-state index in [0.29, 0.717) is 24.1 Å². The lowest BCUT2D eigenvalue weighted by Gasteiger charge is -2.14. The van der Waals surface area contributed by atoms with Gasteiger partial charge in [-0.2, -0.15) is 0 Å². The molecule has 0 heterocycles. The topological polar surface area (TPSA) is 95.5 Å². The molecule has 25 heavy (non-hydrogen) atoms. The van der Waals surface area contributed by atoms with E-state index in [1.165, 1.54) is 0 Å². The Morgan fingerprint density at radius 3 is 2.40 bits per heavy atom. The summed E-state index contributed by atoms with van der Waals surface area (Å²) in [6.07, 6.45) is 1.71. The molecule has 1 aromatic rings. The van der Waals surface area contributed by atoms with Crippen LogP contribution in [-0.4, -0.2) is 29.4 Å². The molecule has 0 radical (unpaired) electrons. The molecule has 1 unspecified atom stereocenters. The van der Waals surface area contributed by atoms with Crippen molar-refractivity contribution < 1.29 is 19.5 Å². The van der Waals surface area contributed by atoms with Crippen molar-refractivity contribution in [1.29, 1.82) is 0 Å². The number of nitrogens with one attached hydrogen (secondary N) is 2. The summed E-state index contributed by atoms with van der Waals surface area (Å²) in [4.78, 5) is 35.2. The number of rotatable bonds is 9. The summed E-state index contributed by atoms with van der Waals surface area (Å²) in [7, 11) is 0. The van der Waals surface area contributed by atoms with Crippen LogP contribution in [0.3, 0.4) is 0 Å². The maximum Gasteiger partial charge on any atom is 0.308 e. The molecule has 2 amide bonds. The number of amides is 2. The van der Waals surface area contributed by atoms with Gasteiger partial charge in [0, 0.05) is 24.2 Å². The first-order valence-electron chi connectivity index (χ1n) is 8.66. The first-order chi connectivity index (χ1) is 11.7. The first kappa shape index (κ1) is 20.7. The van der Waals surface area contributed by atoms with Gasteiger partial charge in [0.2, 0.25) is 5.91 Å². The van der Waals surface area contributed by atoms with Gasteiger partial charge in [0.15, 0.2) is 0 Å². The van der Waals surface area contributed by atoms with E-state index in [1.54, 1.807) is 18.2 Å². The van der Waals surface area contributed by atoms with Crippen LogP contribution in [0.2, 0.25) is 0 Å². The molecule has 1 aromatic carbocycles. The Labute approximate surface area is 149 Å². The van der Waals surface area contributed by atoms with E-state index >= 15 is 0 Å². The van der Waals surface area contributed by atoms with E-state index in [-0.39, 0.29) is 24.3 Å². The normalized spacial score (nSPS) is 11.9. The Hall–Kier alpha value is -2.37. The van der Waals surface area contributed by atoms with Crippen molar-refractivity contribution >= 4 is 23.5 Å². The zero-order valence-corrected chi connectivity index (χ0v) is 15.4. The molecule has 6 heteroatoms. The van der Waals surface area contributed by atoms with Gasteiger partial charge in [-0.25, -0.2) is 0 Å². The Bertz CT molecular complexity index is 626. The number of carboxylic acid groups (broad SMARTS) is 1. The largest absolute Gasteiger partial charge is 0.481 e. The van der Waals surface area contributed by atoms with E-state index in [1.807, 2.05) is 27.7 Å². The zero-order chi connectivity index (χ0) is 19.0. The summed E-state index contributed by atoms with van der Waals surface area (Å²) in [6.45, 7) is 7.78. The Balaban J connectivity index is 2.70. The maximum atomic E-state index is 12.2. The number of carbonyl (C=O) groups is 3. The number of benzene rings is 1. The van der Waals surface area contributed by atoms with Gasteiger partial charge in [0.05, 0.1) is 5.92 Å². The minimum Gasteiger partial charge on any atom is -0.481 e. The highest BCUT2D eigenvalue weighted by Crippen LogP contribution is 2.18. The SMILES string of the molecule is CCCC(CNC(=O)c1ccc(NC(=O)CC(C)C)c(C)c1)C(=O)O. The molecule has 0 fully saturated rings. The van der Waals surface area contributed by atoms with E-state index in [2.05, 4.69) is 10.6 Å². The highest BCUT2D eigenvalue weighted by atomic mass is 16.4. The summed E-state index contributed by atoms with van der Waals surface area (Å²) >= 11 is 0. The Kier molecular flexibility index (Phi) is 8.11. The maximum absolute atomic E-state index is 12.2.